The number of aromatic amines is 1. The predicted molar refractivity (Wildman–Crippen MR) is 64.9 cm³/mol. The predicted octanol–water partition coefficient (Wildman–Crippen LogP) is 2.72. The zero-order valence-electron chi connectivity index (χ0n) is 8.93. The molecule has 3 nitrogen and oxygen atoms in total. The topological polar surface area (TPSA) is 54.7 Å². The van der Waals surface area contributed by atoms with E-state index in [-0.39, 0.29) is 0 Å². The summed E-state index contributed by atoms with van der Waals surface area (Å²) < 4.78 is 0.853. The lowest BCUT2D eigenvalue weighted by Gasteiger charge is -2.20. The first kappa shape index (κ1) is 11.1. The number of nitrogens with zero attached hydrogens (tertiary/aromatic N) is 1. The lowest BCUT2D eigenvalue weighted by molar-refractivity contribution is 0.435. The smallest absolute Gasteiger partial charge is 0.174 e. The van der Waals surface area contributed by atoms with Crippen molar-refractivity contribution in [2.24, 2.45) is 5.73 Å². The van der Waals surface area contributed by atoms with Crippen LogP contribution >= 0.6 is 15.9 Å². The summed E-state index contributed by atoms with van der Waals surface area (Å²) in [4.78, 5) is 7.83. The molecular weight excluding hydrogens is 254 g/mol. The molecule has 1 aliphatic rings. The van der Waals surface area contributed by atoms with Gasteiger partial charge in [-0.2, -0.15) is 0 Å². The van der Waals surface area contributed by atoms with Gasteiger partial charge in [-0.05, 0) is 35.3 Å². The fourth-order valence-electron chi connectivity index (χ4n) is 2.44. The number of nitrogens with one attached hydrogen (secondary N) is 1. The molecule has 0 atom stereocenters. The minimum atomic E-state index is 0.655. The zero-order chi connectivity index (χ0) is 10.7. The number of H-pyrrole nitrogens is 1. The first-order valence-electron chi connectivity index (χ1n) is 5.75. The maximum atomic E-state index is 5.61. The van der Waals surface area contributed by atoms with Crippen LogP contribution < -0.4 is 5.73 Å². The Morgan fingerprint density at radius 2 is 2.07 bits per heavy atom. The lowest BCUT2D eigenvalue weighted by atomic mass is 9.86. The van der Waals surface area contributed by atoms with Crippen molar-refractivity contribution < 1.29 is 0 Å². The highest BCUT2D eigenvalue weighted by molar-refractivity contribution is 9.10. The van der Waals surface area contributed by atoms with Gasteiger partial charge in [-0.1, -0.05) is 19.3 Å². The van der Waals surface area contributed by atoms with E-state index < -0.39 is 0 Å². The van der Waals surface area contributed by atoms with E-state index in [0.717, 1.165) is 11.2 Å². The van der Waals surface area contributed by atoms with Crippen molar-refractivity contribution in [3.8, 4) is 0 Å². The van der Waals surface area contributed by atoms with Crippen molar-refractivity contribution >= 4 is 15.9 Å². The SMILES string of the molecule is NCCc1[nH]c(Br)nc1C1CCCCC1. The maximum absolute atomic E-state index is 5.61. The molecule has 1 saturated carbocycles. The van der Waals surface area contributed by atoms with E-state index in [0.29, 0.717) is 12.5 Å². The maximum Gasteiger partial charge on any atom is 0.174 e. The third kappa shape index (κ3) is 2.61. The third-order valence-corrected chi connectivity index (χ3v) is 3.54. The molecule has 3 N–H and O–H groups in total. The molecule has 0 unspecified atom stereocenters. The van der Waals surface area contributed by atoms with Gasteiger partial charge in [-0.25, -0.2) is 4.98 Å². The average molecular weight is 272 g/mol. The van der Waals surface area contributed by atoms with E-state index in [1.54, 1.807) is 0 Å². The van der Waals surface area contributed by atoms with Gasteiger partial charge in [-0.15, -0.1) is 0 Å². The first-order chi connectivity index (χ1) is 7.31. The van der Waals surface area contributed by atoms with Gasteiger partial charge in [0.25, 0.3) is 0 Å². The van der Waals surface area contributed by atoms with Gasteiger partial charge >= 0.3 is 0 Å². The number of rotatable bonds is 3. The molecule has 1 aliphatic carbocycles. The number of halogens is 1. The van der Waals surface area contributed by atoms with Gasteiger partial charge < -0.3 is 10.7 Å². The highest BCUT2D eigenvalue weighted by atomic mass is 79.9. The van der Waals surface area contributed by atoms with Gasteiger partial charge in [0.15, 0.2) is 4.73 Å². The van der Waals surface area contributed by atoms with Crippen molar-refractivity contribution in [3.63, 3.8) is 0 Å². The summed E-state index contributed by atoms with van der Waals surface area (Å²) >= 11 is 3.41. The fraction of sp³-hybridized carbons (Fsp3) is 0.727. The van der Waals surface area contributed by atoms with E-state index in [2.05, 4.69) is 25.9 Å². The normalized spacial score (nSPS) is 18.3. The third-order valence-electron chi connectivity index (χ3n) is 3.17. The Bertz CT molecular complexity index is 316. The molecule has 0 spiro atoms. The van der Waals surface area contributed by atoms with Crippen LogP contribution in [-0.4, -0.2) is 16.5 Å². The standard InChI is InChI=1S/C11H18BrN3/c12-11-14-9(6-7-13)10(15-11)8-4-2-1-3-5-8/h8H,1-7,13H2,(H,14,15). The molecule has 0 aliphatic heterocycles. The average Bonchev–Trinajstić information content (AvgIpc) is 2.62. The van der Waals surface area contributed by atoms with E-state index in [1.165, 1.54) is 43.5 Å². The van der Waals surface area contributed by atoms with E-state index in [9.17, 15) is 0 Å². The highest BCUT2D eigenvalue weighted by Gasteiger charge is 2.21. The van der Waals surface area contributed by atoms with Gasteiger partial charge in [0, 0.05) is 18.0 Å². The van der Waals surface area contributed by atoms with Crippen LogP contribution in [-0.2, 0) is 6.42 Å². The molecule has 0 bridgehead atoms. The molecule has 1 aromatic rings. The van der Waals surface area contributed by atoms with Crippen LogP contribution in [0.15, 0.2) is 4.73 Å². The van der Waals surface area contributed by atoms with Crippen LogP contribution in [0.1, 0.15) is 49.4 Å². The number of hydrogen-bond acceptors (Lipinski definition) is 2. The second-order valence-electron chi connectivity index (χ2n) is 4.27. The van der Waals surface area contributed by atoms with Crippen LogP contribution in [0.25, 0.3) is 0 Å². The summed E-state index contributed by atoms with van der Waals surface area (Å²) in [5.74, 6) is 0.655. The Kier molecular flexibility index (Phi) is 3.81. The molecular formula is C11H18BrN3. The molecule has 0 aromatic carbocycles. The minimum absolute atomic E-state index is 0.655. The quantitative estimate of drug-likeness (QED) is 0.888. The van der Waals surface area contributed by atoms with Crippen molar-refractivity contribution in [1.29, 1.82) is 0 Å². The summed E-state index contributed by atoms with van der Waals surface area (Å²) in [5, 5.41) is 0. The summed E-state index contributed by atoms with van der Waals surface area (Å²) in [5.41, 5.74) is 8.09. The Balaban J connectivity index is 2.17. The van der Waals surface area contributed by atoms with Crippen molar-refractivity contribution in [2.75, 3.05) is 6.54 Å². The summed E-state index contributed by atoms with van der Waals surface area (Å²) in [6.45, 7) is 0.689. The molecule has 4 heteroatoms. The van der Waals surface area contributed by atoms with E-state index in [4.69, 9.17) is 5.73 Å². The van der Waals surface area contributed by atoms with Crippen LogP contribution in [0.2, 0.25) is 0 Å². The van der Waals surface area contributed by atoms with Crippen molar-refractivity contribution in [3.05, 3.63) is 16.1 Å². The molecule has 0 amide bonds. The van der Waals surface area contributed by atoms with Gasteiger partial charge in [0.05, 0.1) is 5.69 Å². The Hall–Kier alpha value is -0.350. The van der Waals surface area contributed by atoms with Crippen LogP contribution in [0, 0.1) is 0 Å². The van der Waals surface area contributed by atoms with Gasteiger partial charge in [0.2, 0.25) is 0 Å². The molecule has 0 saturated heterocycles. The fourth-order valence-corrected chi connectivity index (χ4v) is 2.87. The molecule has 15 heavy (non-hydrogen) atoms. The lowest BCUT2D eigenvalue weighted by Crippen LogP contribution is -2.10. The highest BCUT2D eigenvalue weighted by Crippen LogP contribution is 2.33. The zero-order valence-corrected chi connectivity index (χ0v) is 10.5. The second-order valence-corrected chi connectivity index (χ2v) is 5.02. The van der Waals surface area contributed by atoms with Crippen LogP contribution in [0.4, 0.5) is 0 Å². The monoisotopic (exact) mass is 271 g/mol. The molecule has 1 heterocycles. The molecule has 0 radical (unpaired) electrons. The molecule has 1 fully saturated rings. The number of nitrogens with two attached hydrogens (primary N) is 1. The summed E-state index contributed by atoms with van der Waals surface area (Å²) in [7, 11) is 0. The Labute approximate surface area is 99.0 Å². The second kappa shape index (κ2) is 5.12. The summed E-state index contributed by atoms with van der Waals surface area (Å²) in [6.07, 6.45) is 7.55. The summed E-state index contributed by atoms with van der Waals surface area (Å²) in [6, 6.07) is 0. The molecule has 1 aromatic heterocycles. The van der Waals surface area contributed by atoms with Crippen molar-refractivity contribution in [2.45, 2.75) is 44.4 Å². The molecule has 84 valence electrons. The van der Waals surface area contributed by atoms with Crippen molar-refractivity contribution in [1.82, 2.24) is 9.97 Å². The minimum Gasteiger partial charge on any atom is -0.336 e. The van der Waals surface area contributed by atoms with Crippen LogP contribution in [0.3, 0.4) is 0 Å². The van der Waals surface area contributed by atoms with Gasteiger partial charge in [0.1, 0.15) is 0 Å². The van der Waals surface area contributed by atoms with Gasteiger partial charge in [-0.3, -0.25) is 0 Å². The largest absolute Gasteiger partial charge is 0.336 e. The number of hydrogen-bond donors (Lipinski definition) is 2. The first-order valence-corrected chi connectivity index (χ1v) is 6.55. The Morgan fingerprint density at radius 3 is 2.73 bits per heavy atom. The van der Waals surface area contributed by atoms with E-state index in [1.807, 2.05) is 0 Å². The number of aromatic nitrogens is 2. The van der Waals surface area contributed by atoms with E-state index >= 15 is 0 Å². The molecule has 2 rings (SSSR count). The van der Waals surface area contributed by atoms with Crippen LogP contribution in [0.5, 0.6) is 0 Å². The Morgan fingerprint density at radius 1 is 1.33 bits per heavy atom. The number of imidazole rings is 1.